The molecule has 2 heterocycles. The predicted molar refractivity (Wildman–Crippen MR) is 83.7 cm³/mol. The fourth-order valence-electron chi connectivity index (χ4n) is 2.93. The number of nitrogens with one attached hydrogen (secondary N) is 1. The van der Waals surface area contributed by atoms with Crippen LogP contribution in [0.2, 0.25) is 0 Å². The van der Waals surface area contributed by atoms with Gasteiger partial charge in [0.15, 0.2) is 0 Å². The zero-order valence-corrected chi connectivity index (χ0v) is 12.7. The first kappa shape index (κ1) is 13.9. The number of nitrogens with zero attached hydrogens (tertiary/aromatic N) is 1. The Kier molecular flexibility index (Phi) is 3.12. The van der Waals surface area contributed by atoms with E-state index in [4.69, 9.17) is 0 Å². The van der Waals surface area contributed by atoms with Crippen LogP contribution in [0.15, 0.2) is 29.1 Å². The highest BCUT2D eigenvalue weighted by Crippen LogP contribution is 2.24. The van der Waals surface area contributed by atoms with Gasteiger partial charge in [0.2, 0.25) is 0 Å². The van der Waals surface area contributed by atoms with Crippen LogP contribution in [-0.2, 0) is 13.0 Å². The maximum absolute atomic E-state index is 12.6. The number of benzene rings is 1. The molecule has 0 saturated carbocycles. The number of rotatable bonds is 1. The van der Waals surface area contributed by atoms with Gasteiger partial charge in [-0.1, -0.05) is 18.2 Å². The summed E-state index contributed by atoms with van der Waals surface area (Å²) in [6.45, 7) is 6.41. The molecule has 2 aromatic rings. The number of aromatic nitrogens is 1. The molecule has 4 nitrogen and oxygen atoms in total. The second kappa shape index (κ2) is 4.72. The molecule has 3 rings (SSSR count). The summed E-state index contributed by atoms with van der Waals surface area (Å²) in [6.07, 6.45) is 1.93. The van der Waals surface area contributed by atoms with E-state index in [1.54, 1.807) is 10.6 Å². The SMILES string of the molecule is CC(C)(C)NC(=O)c1cc2cccc3c2n(c1=O)CCC3. The highest BCUT2D eigenvalue weighted by Gasteiger charge is 2.22. The molecule has 1 aromatic carbocycles. The highest BCUT2D eigenvalue weighted by molar-refractivity contribution is 5.98. The number of aryl methyl sites for hydroxylation is 2. The third-order valence-electron chi connectivity index (χ3n) is 3.76. The lowest BCUT2D eigenvalue weighted by Crippen LogP contribution is -2.43. The molecule has 0 saturated heterocycles. The topological polar surface area (TPSA) is 51.1 Å². The molecule has 0 radical (unpaired) electrons. The van der Waals surface area contributed by atoms with Crippen molar-refractivity contribution in [3.63, 3.8) is 0 Å². The van der Waals surface area contributed by atoms with Crippen LogP contribution in [0.25, 0.3) is 10.9 Å². The Morgan fingerprint density at radius 3 is 2.76 bits per heavy atom. The number of pyridine rings is 1. The molecule has 21 heavy (non-hydrogen) atoms. The van der Waals surface area contributed by atoms with E-state index < -0.39 is 0 Å². The molecule has 1 aliphatic heterocycles. The maximum Gasteiger partial charge on any atom is 0.263 e. The Hall–Kier alpha value is -2.10. The van der Waals surface area contributed by atoms with Gasteiger partial charge in [-0.2, -0.15) is 0 Å². The first-order chi connectivity index (χ1) is 9.87. The van der Waals surface area contributed by atoms with Gasteiger partial charge in [0.05, 0.1) is 5.52 Å². The van der Waals surface area contributed by atoms with Crippen LogP contribution >= 0.6 is 0 Å². The van der Waals surface area contributed by atoms with Crippen molar-refractivity contribution < 1.29 is 4.79 Å². The van der Waals surface area contributed by atoms with Crippen LogP contribution in [0.5, 0.6) is 0 Å². The van der Waals surface area contributed by atoms with Gasteiger partial charge in [-0.3, -0.25) is 9.59 Å². The Bertz CT molecular complexity index is 782. The average Bonchev–Trinajstić information content (AvgIpc) is 2.40. The van der Waals surface area contributed by atoms with Crippen LogP contribution in [0.1, 0.15) is 43.1 Å². The van der Waals surface area contributed by atoms with Gasteiger partial charge in [0.25, 0.3) is 11.5 Å². The van der Waals surface area contributed by atoms with E-state index in [9.17, 15) is 9.59 Å². The molecule has 4 heteroatoms. The lowest BCUT2D eigenvalue weighted by atomic mass is 9.99. The largest absolute Gasteiger partial charge is 0.347 e. The quantitative estimate of drug-likeness (QED) is 0.874. The molecule has 0 atom stereocenters. The monoisotopic (exact) mass is 284 g/mol. The van der Waals surface area contributed by atoms with E-state index in [2.05, 4.69) is 11.4 Å². The minimum atomic E-state index is -0.359. The summed E-state index contributed by atoms with van der Waals surface area (Å²) in [5, 5.41) is 3.84. The van der Waals surface area contributed by atoms with Crippen molar-refractivity contribution in [1.29, 1.82) is 0 Å². The first-order valence-corrected chi connectivity index (χ1v) is 7.35. The number of carbonyl (C=O) groups is 1. The Labute approximate surface area is 123 Å². The summed E-state index contributed by atoms with van der Waals surface area (Å²) in [4.78, 5) is 25.0. The summed E-state index contributed by atoms with van der Waals surface area (Å²) in [5.74, 6) is -0.297. The molecule has 0 bridgehead atoms. The third kappa shape index (κ3) is 2.46. The second-order valence-corrected chi connectivity index (χ2v) is 6.68. The van der Waals surface area contributed by atoms with Gasteiger partial charge in [0.1, 0.15) is 5.56 Å². The van der Waals surface area contributed by atoms with Crippen molar-refractivity contribution in [3.8, 4) is 0 Å². The Balaban J connectivity index is 2.21. The standard InChI is InChI=1S/C17H20N2O2/c1-17(2,3)18-15(20)13-10-12-7-4-6-11-8-5-9-19(14(11)12)16(13)21/h4,6-7,10H,5,8-9H2,1-3H3,(H,18,20). The second-order valence-electron chi connectivity index (χ2n) is 6.68. The van der Waals surface area contributed by atoms with Gasteiger partial charge in [-0.15, -0.1) is 0 Å². The predicted octanol–water partition coefficient (Wildman–Crippen LogP) is 2.48. The Morgan fingerprint density at radius 1 is 1.29 bits per heavy atom. The molecule has 0 unspecified atom stereocenters. The van der Waals surface area contributed by atoms with Crippen molar-refractivity contribution in [1.82, 2.24) is 9.88 Å². The van der Waals surface area contributed by atoms with Crippen LogP contribution in [0.3, 0.4) is 0 Å². The number of hydrogen-bond acceptors (Lipinski definition) is 2. The summed E-state index contributed by atoms with van der Waals surface area (Å²) in [5.41, 5.74) is 1.87. The summed E-state index contributed by atoms with van der Waals surface area (Å²) >= 11 is 0. The Morgan fingerprint density at radius 2 is 2.05 bits per heavy atom. The van der Waals surface area contributed by atoms with Crippen LogP contribution < -0.4 is 10.9 Å². The minimum absolute atomic E-state index is 0.184. The third-order valence-corrected chi connectivity index (χ3v) is 3.76. The van der Waals surface area contributed by atoms with E-state index in [1.165, 1.54) is 5.56 Å². The van der Waals surface area contributed by atoms with Crippen molar-refractivity contribution in [3.05, 3.63) is 45.7 Å². The molecule has 1 N–H and O–H groups in total. The molecule has 1 aliphatic rings. The van der Waals surface area contributed by atoms with Gasteiger partial charge in [-0.25, -0.2) is 0 Å². The molecule has 1 aromatic heterocycles. The van der Waals surface area contributed by atoms with Crippen molar-refractivity contribution in [2.24, 2.45) is 0 Å². The molecular weight excluding hydrogens is 264 g/mol. The number of hydrogen-bond donors (Lipinski definition) is 1. The fourth-order valence-corrected chi connectivity index (χ4v) is 2.93. The normalized spacial score (nSPS) is 14.2. The number of para-hydroxylation sites is 1. The smallest absolute Gasteiger partial charge is 0.263 e. The van der Waals surface area contributed by atoms with Gasteiger partial charge in [-0.05, 0) is 50.6 Å². The average molecular weight is 284 g/mol. The lowest BCUT2D eigenvalue weighted by Gasteiger charge is -2.23. The summed E-state index contributed by atoms with van der Waals surface area (Å²) in [7, 11) is 0. The minimum Gasteiger partial charge on any atom is -0.347 e. The highest BCUT2D eigenvalue weighted by atomic mass is 16.2. The van der Waals surface area contributed by atoms with E-state index in [-0.39, 0.29) is 22.6 Å². The van der Waals surface area contributed by atoms with Gasteiger partial charge < -0.3 is 9.88 Å². The first-order valence-electron chi connectivity index (χ1n) is 7.35. The zero-order chi connectivity index (χ0) is 15.2. The van der Waals surface area contributed by atoms with E-state index in [0.29, 0.717) is 6.54 Å². The zero-order valence-electron chi connectivity index (χ0n) is 12.7. The molecule has 1 amide bonds. The fraction of sp³-hybridized carbons (Fsp3) is 0.412. The molecular formula is C17H20N2O2. The maximum atomic E-state index is 12.6. The van der Waals surface area contributed by atoms with Gasteiger partial charge >= 0.3 is 0 Å². The van der Waals surface area contributed by atoms with Crippen molar-refractivity contribution >= 4 is 16.8 Å². The van der Waals surface area contributed by atoms with E-state index in [0.717, 1.165) is 23.7 Å². The number of carbonyl (C=O) groups excluding carboxylic acids is 1. The molecule has 0 spiro atoms. The van der Waals surface area contributed by atoms with Crippen molar-refractivity contribution in [2.75, 3.05) is 0 Å². The van der Waals surface area contributed by atoms with Crippen LogP contribution in [-0.4, -0.2) is 16.0 Å². The van der Waals surface area contributed by atoms with Crippen molar-refractivity contribution in [2.45, 2.75) is 45.7 Å². The molecule has 110 valence electrons. The molecule has 0 aliphatic carbocycles. The molecule has 0 fully saturated rings. The van der Waals surface area contributed by atoms with E-state index in [1.807, 2.05) is 32.9 Å². The summed E-state index contributed by atoms with van der Waals surface area (Å²) in [6, 6.07) is 7.74. The van der Waals surface area contributed by atoms with E-state index >= 15 is 0 Å². The lowest BCUT2D eigenvalue weighted by molar-refractivity contribution is 0.0917. The number of amides is 1. The van der Waals surface area contributed by atoms with Crippen LogP contribution in [0, 0.1) is 0 Å². The van der Waals surface area contributed by atoms with Gasteiger partial charge in [0, 0.05) is 12.1 Å². The summed E-state index contributed by atoms with van der Waals surface area (Å²) < 4.78 is 1.76. The van der Waals surface area contributed by atoms with Crippen LogP contribution in [0.4, 0.5) is 0 Å².